The number of nitrogens with one attached hydrogen (secondary N) is 1. The minimum Gasteiger partial charge on any atom is -0.454 e. The van der Waals surface area contributed by atoms with Gasteiger partial charge in [0.05, 0.1) is 44.4 Å². The van der Waals surface area contributed by atoms with E-state index in [9.17, 15) is 14.7 Å². The number of carbonyl (C=O) groups excluding carboxylic acids is 2. The van der Waals surface area contributed by atoms with Crippen LogP contribution < -0.4 is 19.7 Å². The highest BCUT2D eigenvalue weighted by Crippen LogP contribution is 2.35. The molecule has 214 valence electrons. The van der Waals surface area contributed by atoms with E-state index in [1.54, 1.807) is 23.1 Å². The normalized spacial score (nSPS) is 26.5. The van der Waals surface area contributed by atoms with Crippen molar-refractivity contribution in [2.75, 3.05) is 62.9 Å². The summed E-state index contributed by atoms with van der Waals surface area (Å²) in [6, 6.07) is 14.9. The Morgan fingerprint density at radius 3 is 2.58 bits per heavy atom. The zero-order valence-electron chi connectivity index (χ0n) is 22.4. The van der Waals surface area contributed by atoms with Crippen LogP contribution in [0.25, 0.3) is 0 Å². The molecule has 3 saturated heterocycles. The minimum atomic E-state index is -0.808. The van der Waals surface area contributed by atoms with Crippen LogP contribution in [0.1, 0.15) is 19.3 Å². The highest BCUT2D eigenvalue weighted by atomic mass is 16.7. The quantitative estimate of drug-likeness (QED) is 0.594. The van der Waals surface area contributed by atoms with E-state index >= 15 is 0 Å². The topological polar surface area (TPSA) is 113 Å². The van der Waals surface area contributed by atoms with Crippen molar-refractivity contribution >= 4 is 23.3 Å². The minimum absolute atomic E-state index is 0.0933. The van der Waals surface area contributed by atoms with E-state index in [4.69, 9.17) is 18.9 Å². The first-order valence-electron chi connectivity index (χ1n) is 14.0. The largest absolute Gasteiger partial charge is 0.454 e. The Hall–Kier alpha value is -3.54. The first-order chi connectivity index (χ1) is 19.5. The average molecular weight is 553 g/mol. The average Bonchev–Trinajstić information content (AvgIpc) is 3.44. The summed E-state index contributed by atoms with van der Waals surface area (Å²) in [4.78, 5) is 32.4. The van der Waals surface area contributed by atoms with Crippen LogP contribution in [0.5, 0.6) is 11.5 Å². The van der Waals surface area contributed by atoms with Crippen LogP contribution in [0.15, 0.2) is 48.5 Å². The summed E-state index contributed by atoms with van der Waals surface area (Å²) in [7, 11) is 0. The Bertz CT molecular complexity index is 1190. The van der Waals surface area contributed by atoms with Crippen molar-refractivity contribution in [2.24, 2.45) is 0 Å². The fraction of sp³-hybridized carbons (Fsp3) is 0.517. The van der Waals surface area contributed by atoms with Crippen LogP contribution in [-0.4, -0.2) is 104 Å². The number of rotatable bonds is 4. The van der Waals surface area contributed by atoms with Gasteiger partial charge in [-0.3, -0.25) is 4.79 Å². The monoisotopic (exact) mass is 552 g/mol. The van der Waals surface area contributed by atoms with Gasteiger partial charge >= 0.3 is 6.03 Å². The number of hydrogen-bond donors (Lipinski definition) is 2. The zero-order chi connectivity index (χ0) is 27.5. The second kappa shape index (κ2) is 11.9. The molecule has 40 heavy (non-hydrogen) atoms. The van der Waals surface area contributed by atoms with Crippen molar-refractivity contribution in [2.45, 2.75) is 43.6 Å². The molecule has 4 heterocycles. The van der Waals surface area contributed by atoms with Crippen molar-refractivity contribution < 1.29 is 33.6 Å². The molecular weight excluding hydrogens is 516 g/mol. The summed E-state index contributed by atoms with van der Waals surface area (Å²) in [6.45, 7) is 3.59. The van der Waals surface area contributed by atoms with Crippen molar-refractivity contribution in [3.63, 3.8) is 0 Å². The van der Waals surface area contributed by atoms with Crippen LogP contribution in [0.4, 0.5) is 16.2 Å². The van der Waals surface area contributed by atoms with Crippen molar-refractivity contribution in [3.05, 3.63) is 48.5 Å². The molecule has 6 rings (SSSR count). The Labute approximate surface area is 233 Å². The number of amides is 3. The van der Waals surface area contributed by atoms with Gasteiger partial charge in [-0.2, -0.15) is 0 Å². The third kappa shape index (κ3) is 5.96. The van der Waals surface area contributed by atoms with Crippen molar-refractivity contribution in [3.8, 4) is 11.5 Å². The maximum Gasteiger partial charge on any atom is 0.322 e. The molecule has 0 aromatic heterocycles. The van der Waals surface area contributed by atoms with Crippen LogP contribution in [0.2, 0.25) is 0 Å². The van der Waals surface area contributed by atoms with E-state index in [2.05, 4.69) is 22.3 Å². The van der Waals surface area contributed by atoms with Gasteiger partial charge in [0.25, 0.3) is 0 Å². The fourth-order valence-corrected chi connectivity index (χ4v) is 5.92. The van der Waals surface area contributed by atoms with E-state index in [0.29, 0.717) is 49.5 Å². The molecule has 0 saturated carbocycles. The van der Waals surface area contributed by atoms with Crippen molar-refractivity contribution in [1.82, 2.24) is 9.80 Å². The molecule has 0 spiro atoms. The zero-order valence-corrected chi connectivity index (χ0v) is 22.4. The molecule has 0 aliphatic carbocycles. The van der Waals surface area contributed by atoms with Crippen LogP contribution >= 0.6 is 0 Å². The molecule has 0 bridgehead atoms. The van der Waals surface area contributed by atoms with Gasteiger partial charge in [-0.15, -0.1) is 0 Å². The molecule has 4 aliphatic heterocycles. The van der Waals surface area contributed by atoms with Gasteiger partial charge in [0.2, 0.25) is 12.7 Å². The molecule has 2 aromatic carbocycles. The first kappa shape index (κ1) is 26.7. The lowest BCUT2D eigenvalue weighted by Crippen LogP contribution is -2.58. The van der Waals surface area contributed by atoms with Gasteiger partial charge in [-0.1, -0.05) is 18.2 Å². The van der Waals surface area contributed by atoms with Crippen LogP contribution in [0.3, 0.4) is 0 Å². The number of piperazine rings is 1. The van der Waals surface area contributed by atoms with Gasteiger partial charge in [0.1, 0.15) is 6.10 Å². The van der Waals surface area contributed by atoms with Gasteiger partial charge in [-0.25, -0.2) is 4.79 Å². The lowest BCUT2D eigenvalue weighted by Gasteiger charge is -2.44. The summed E-state index contributed by atoms with van der Waals surface area (Å²) in [5.74, 6) is 1.30. The maximum absolute atomic E-state index is 13.4. The number of carbonyl (C=O) groups is 2. The number of fused-ring (bicyclic) bond motifs is 2. The number of ether oxygens (including phenoxy) is 4. The van der Waals surface area contributed by atoms with Crippen molar-refractivity contribution in [1.29, 1.82) is 0 Å². The van der Waals surface area contributed by atoms with E-state index in [1.165, 1.54) is 5.69 Å². The summed E-state index contributed by atoms with van der Waals surface area (Å²) < 4.78 is 22.9. The first-order valence-corrected chi connectivity index (χ1v) is 14.0. The number of β-amino-alcohol motifs (C(OH)–C–C–N with tert-alkyl or cyclic N) is 1. The van der Waals surface area contributed by atoms with Crippen LogP contribution in [-0.2, 0) is 14.3 Å². The highest BCUT2D eigenvalue weighted by molar-refractivity contribution is 5.90. The summed E-state index contributed by atoms with van der Waals surface area (Å²) in [5, 5.41) is 13.4. The number of aliphatic hydroxyl groups excluding tert-OH is 1. The second-order valence-electron chi connectivity index (χ2n) is 10.7. The Morgan fingerprint density at radius 2 is 1.75 bits per heavy atom. The Kier molecular flexibility index (Phi) is 7.94. The molecule has 2 N–H and O–H groups in total. The predicted molar refractivity (Wildman–Crippen MR) is 147 cm³/mol. The van der Waals surface area contributed by atoms with Crippen LogP contribution in [0, 0.1) is 0 Å². The molecule has 3 fully saturated rings. The molecule has 0 unspecified atom stereocenters. The molecular formula is C29H36N4O7. The smallest absolute Gasteiger partial charge is 0.322 e. The Morgan fingerprint density at radius 1 is 0.950 bits per heavy atom. The number of hydrogen-bond acceptors (Lipinski definition) is 8. The third-order valence-electron chi connectivity index (χ3n) is 8.02. The number of nitrogens with zero attached hydrogens (tertiary/aromatic N) is 3. The van der Waals surface area contributed by atoms with Gasteiger partial charge in [-0.05, 0) is 37.1 Å². The SMILES string of the molecule is O=C(C[C@@H]1CC[C@@H]2[C@H](COC[C@@H](O)CN2C(=O)Nc2ccc3c(c2)OCO3)O1)N1CCN(c2ccccc2)CC1. The lowest BCUT2D eigenvalue weighted by atomic mass is 9.94. The summed E-state index contributed by atoms with van der Waals surface area (Å²) in [6.07, 6.45) is 0.151. The highest BCUT2D eigenvalue weighted by Gasteiger charge is 2.40. The van der Waals surface area contributed by atoms with Gasteiger partial charge in [0.15, 0.2) is 11.5 Å². The molecule has 4 aliphatic rings. The number of anilines is 2. The number of para-hydroxylation sites is 1. The van der Waals surface area contributed by atoms with E-state index in [-0.39, 0.29) is 50.6 Å². The second-order valence-corrected chi connectivity index (χ2v) is 10.7. The molecule has 11 heteroatoms. The van der Waals surface area contributed by atoms with E-state index in [0.717, 1.165) is 13.1 Å². The fourth-order valence-electron chi connectivity index (χ4n) is 5.92. The molecule has 3 amide bonds. The standard InChI is InChI=1S/C29H36N4O7/c34-22-16-33(29(36)30-20-6-9-25-26(14-20)39-19-38-25)24-8-7-23(40-27(24)18-37-17-22)15-28(35)32-12-10-31(11-13-32)21-4-2-1-3-5-21/h1-6,9,14,22-24,27,34H,7-8,10-13,15-19H2,(H,30,36)/t22-,23-,24+,27-/m0/s1. The lowest BCUT2D eigenvalue weighted by molar-refractivity contribution is -0.154. The molecule has 2 aromatic rings. The van der Waals surface area contributed by atoms with Gasteiger partial charge in [0, 0.05) is 43.6 Å². The van der Waals surface area contributed by atoms with E-state index in [1.807, 2.05) is 23.1 Å². The Balaban J connectivity index is 1.05. The summed E-state index contributed by atoms with van der Waals surface area (Å²) >= 11 is 0. The summed E-state index contributed by atoms with van der Waals surface area (Å²) in [5.41, 5.74) is 1.75. The number of aliphatic hydroxyl groups is 1. The molecule has 4 atom stereocenters. The maximum atomic E-state index is 13.4. The molecule has 11 nitrogen and oxygen atoms in total. The number of urea groups is 1. The number of benzene rings is 2. The van der Waals surface area contributed by atoms with E-state index < -0.39 is 12.2 Å². The van der Waals surface area contributed by atoms with Gasteiger partial charge < -0.3 is 44.1 Å². The third-order valence-corrected chi connectivity index (χ3v) is 8.02. The molecule has 0 radical (unpaired) electrons. The predicted octanol–water partition coefficient (Wildman–Crippen LogP) is 2.30.